The summed E-state index contributed by atoms with van der Waals surface area (Å²) in [5.41, 5.74) is 4.31. The fourth-order valence-electron chi connectivity index (χ4n) is 4.10. The van der Waals surface area contributed by atoms with Crippen LogP contribution < -0.4 is 5.32 Å². The van der Waals surface area contributed by atoms with E-state index in [-0.39, 0.29) is 30.1 Å². The molecule has 0 unspecified atom stereocenters. The Morgan fingerprint density at radius 3 is 2.61 bits per heavy atom. The van der Waals surface area contributed by atoms with E-state index in [0.717, 1.165) is 22.4 Å². The summed E-state index contributed by atoms with van der Waals surface area (Å²) >= 11 is 7.22. The number of hydrogen-bond acceptors (Lipinski definition) is 5. The second-order valence-corrected chi connectivity index (χ2v) is 10.2. The minimum atomic E-state index is -0.650. The predicted octanol–water partition coefficient (Wildman–Crippen LogP) is 5.97. The normalized spacial score (nSPS) is 19.3. The van der Waals surface area contributed by atoms with Crippen molar-refractivity contribution in [2.75, 3.05) is 5.32 Å². The molecule has 0 radical (unpaired) electrons. The number of aliphatic imine (C=N–C) groups is 1. The molecule has 0 spiro atoms. The van der Waals surface area contributed by atoms with Gasteiger partial charge in [-0.05, 0) is 48.4 Å². The minimum absolute atomic E-state index is 0.0272. The quantitative estimate of drug-likeness (QED) is 0.450. The van der Waals surface area contributed by atoms with Crippen molar-refractivity contribution in [2.24, 2.45) is 10.1 Å². The van der Waals surface area contributed by atoms with Crippen LogP contribution in [0.4, 0.5) is 10.1 Å². The Morgan fingerprint density at radius 2 is 1.89 bits per heavy atom. The lowest BCUT2D eigenvalue weighted by atomic mass is 9.98. The number of nitrogens with one attached hydrogen (secondary N) is 1. The molecule has 182 valence electrons. The van der Waals surface area contributed by atoms with Gasteiger partial charge in [-0.1, -0.05) is 71.4 Å². The van der Waals surface area contributed by atoms with E-state index in [1.165, 1.54) is 23.9 Å². The van der Waals surface area contributed by atoms with Crippen LogP contribution in [0.3, 0.4) is 0 Å². The molecule has 2 heterocycles. The van der Waals surface area contributed by atoms with Crippen LogP contribution in [0, 0.1) is 12.7 Å². The van der Waals surface area contributed by atoms with Gasteiger partial charge in [0.2, 0.25) is 5.91 Å². The summed E-state index contributed by atoms with van der Waals surface area (Å²) in [5.74, 6) is -0.986. The maximum Gasteiger partial charge on any atom is 0.262 e. The standard InChI is InChI=1S/C27H22ClFN4O2S/c1-16-5-7-18(8-6-16)23-14-22(17-9-11-20(29)12-10-17)32-33(23)27-31-26(35)24(36-27)15-25(34)30-21-4-2-3-19(28)13-21/h2-13,23-24H,14-15H2,1H3,(H,30,34)/t23-,24-/m1/s1. The molecular formula is C27H22ClFN4O2S. The number of halogens is 2. The van der Waals surface area contributed by atoms with Gasteiger partial charge in [0.25, 0.3) is 5.91 Å². The molecule has 5 rings (SSSR count). The number of hydrogen-bond donors (Lipinski definition) is 1. The van der Waals surface area contributed by atoms with E-state index in [1.54, 1.807) is 41.4 Å². The molecule has 2 atom stereocenters. The number of nitrogens with zero attached hydrogens (tertiary/aromatic N) is 3. The number of rotatable bonds is 5. The number of amidine groups is 1. The second-order valence-electron chi connectivity index (χ2n) is 8.63. The van der Waals surface area contributed by atoms with Crippen molar-refractivity contribution in [3.05, 3.63) is 100 Å². The van der Waals surface area contributed by atoms with Gasteiger partial charge in [0, 0.05) is 23.6 Å². The maximum absolute atomic E-state index is 13.5. The first-order valence-electron chi connectivity index (χ1n) is 11.4. The summed E-state index contributed by atoms with van der Waals surface area (Å²) < 4.78 is 13.5. The van der Waals surface area contributed by atoms with Crippen molar-refractivity contribution in [3.8, 4) is 0 Å². The monoisotopic (exact) mass is 520 g/mol. The van der Waals surface area contributed by atoms with Crippen LogP contribution in [0.1, 0.15) is 35.6 Å². The van der Waals surface area contributed by atoms with Crippen molar-refractivity contribution < 1.29 is 14.0 Å². The van der Waals surface area contributed by atoms with Gasteiger partial charge in [-0.2, -0.15) is 10.1 Å². The number of thioether (sulfide) groups is 1. The van der Waals surface area contributed by atoms with Gasteiger partial charge in [-0.15, -0.1) is 0 Å². The number of anilines is 1. The SMILES string of the molecule is Cc1ccc([C@H]2CC(c3ccc(F)cc3)=NN2C2=NC(=O)[C@@H](CC(=O)Nc3cccc(Cl)c3)S2)cc1. The Morgan fingerprint density at radius 1 is 1.14 bits per heavy atom. The molecule has 0 aliphatic carbocycles. The predicted molar refractivity (Wildman–Crippen MR) is 142 cm³/mol. The van der Waals surface area contributed by atoms with E-state index in [9.17, 15) is 14.0 Å². The van der Waals surface area contributed by atoms with Gasteiger partial charge < -0.3 is 5.32 Å². The smallest absolute Gasteiger partial charge is 0.262 e. The largest absolute Gasteiger partial charge is 0.326 e. The summed E-state index contributed by atoms with van der Waals surface area (Å²) in [7, 11) is 0. The molecule has 0 saturated heterocycles. The van der Waals surface area contributed by atoms with Crippen LogP contribution >= 0.6 is 23.4 Å². The van der Waals surface area contributed by atoms with E-state index >= 15 is 0 Å². The number of aryl methyl sites for hydroxylation is 1. The van der Waals surface area contributed by atoms with Crippen LogP contribution in [0.15, 0.2) is 82.9 Å². The topological polar surface area (TPSA) is 74.1 Å². The molecule has 0 fully saturated rings. The van der Waals surface area contributed by atoms with Crippen molar-refractivity contribution in [2.45, 2.75) is 31.1 Å². The van der Waals surface area contributed by atoms with Crippen LogP contribution in [0.5, 0.6) is 0 Å². The lowest BCUT2D eigenvalue weighted by Crippen LogP contribution is -2.25. The van der Waals surface area contributed by atoms with Crippen molar-refractivity contribution in [3.63, 3.8) is 0 Å². The first-order chi connectivity index (χ1) is 17.4. The van der Waals surface area contributed by atoms with Crippen molar-refractivity contribution in [1.29, 1.82) is 0 Å². The Hall–Kier alpha value is -3.49. The number of benzene rings is 3. The fraction of sp³-hybridized carbons (Fsp3) is 0.185. The van der Waals surface area contributed by atoms with Crippen molar-refractivity contribution in [1.82, 2.24) is 5.01 Å². The van der Waals surface area contributed by atoms with E-state index < -0.39 is 5.25 Å². The Labute approximate surface area is 217 Å². The van der Waals surface area contributed by atoms with Gasteiger partial charge in [0.05, 0.1) is 11.8 Å². The van der Waals surface area contributed by atoms with Crippen LogP contribution in [0.2, 0.25) is 5.02 Å². The summed E-state index contributed by atoms with van der Waals surface area (Å²) in [6.45, 7) is 2.02. The summed E-state index contributed by atoms with van der Waals surface area (Å²) in [4.78, 5) is 29.6. The lowest BCUT2D eigenvalue weighted by Gasteiger charge is -2.23. The maximum atomic E-state index is 13.5. The zero-order valence-corrected chi connectivity index (χ0v) is 20.9. The van der Waals surface area contributed by atoms with E-state index in [1.807, 2.05) is 31.2 Å². The number of hydrazone groups is 1. The third-order valence-electron chi connectivity index (χ3n) is 5.95. The molecule has 2 amide bonds. The fourth-order valence-corrected chi connectivity index (χ4v) is 5.35. The first kappa shape index (κ1) is 24.2. The van der Waals surface area contributed by atoms with Gasteiger partial charge in [-0.25, -0.2) is 9.40 Å². The summed E-state index contributed by atoms with van der Waals surface area (Å²) in [5, 5.41) is 9.62. The highest BCUT2D eigenvalue weighted by molar-refractivity contribution is 8.15. The Balaban J connectivity index is 1.35. The highest BCUT2D eigenvalue weighted by Crippen LogP contribution is 2.38. The summed E-state index contributed by atoms with van der Waals surface area (Å²) in [6.07, 6.45) is 0.545. The molecule has 0 bridgehead atoms. The first-order valence-corrected chi connectivity index (χ1v) is 12.7. The van der Waals surface area contributed by atoms with Crippen molar-refractivity contribution >= 4 is 51.7 Å². The van der Waals surface area contributed by atoms with E-state index in [4.69, 9.17) is 16.7 Å². The Kier molecular flexibility index (Phi) is 6.89. The third kappa shape index (κ3) is 5.34. The molecule has 0 saturated carbocycles. The minimum Gasteiger partial charge on any atom is -0.326 e. The molecule has 2 aliphatic rings. The van der Waals surface area contributed by atoms with Gasteiger partial charge in [0.1, 0.15) is 11.1 Å². The van der Waals surface area contributed by atoms with Crippen LogP contribution in [-0.4, -0.2) is 33.0 Å². The molecule has 36 heavy (non-hydrogen) atoms. The second kappa shape index (κ2) is 10.2. The highest BCUT2D eigenvalue weighted by Gasteiger charge is 2.39. The molecule has 3 aromatic carbocycles. The number of carbonyl (C=O) groups excluding carboxylic acids is 2. The van der Waals surface area contributed by atoms with E-state index in [0.29, 0.717) is 22.3 Å². The number of carbonyl (C=O) groups is 2. The third-order valence-corrected chi connectivity index (χ3v) is 7.33. The van der Waals surface area contributed by atoms with Gasteiger partial charge in [0.15, 0.2) is 5.17 Å². The molecule has 6 nitrogen and oxygen atoms in total. The molecule has 1 N–H and O–H groups in total. The number of amides is 2. The van der Waals surface area contributed by atoms with Crippen LogP contribution in [0.25, 0.3) is 0 Å². The zero-order chi connectivity index (χ0) is 25.2. The molecule has 9 heteroatoms. The zero-order valence-electron chi connectivity index (χ0n) is 19.3. The van der Waals surface area contributed by atoms with Gasteiger partial charge >= 0.3 is 0 Å². The molecule has 0 aromatic heterocycles. The lowest BCUT2D eigenvalue weighted by molar-refractivity contribution is -0.121. The average molecular weight is 521 g/mol. The molecule has 2 aliphatic heterocycles. The van der Waals surface area contributed by atoms with Crippen LogP contribution in [-0.2, 0) is 9.59 Å². The van der Waals surface area contributed by atoms with E-state index in [2.05, 4.69) is 10.3 Å². The highest BCUT2D eigenvalue weighted by atomic mass is 35.5. The Bertz CT molecular complexity index is 1380. The molecular weight excluding hydrogens is 499 g/mol. The summed E-state index contributed by atoms with van der Waals surface area (Å²) in [6, 6.07) is 21.0. The molecule has 3 aromatic rings. The van der Waals surface area contributed by atoms with Gasteiger partial charge in [-0.3, -0.25) is 9.59 Å². The average Bonchev–Trinajstić information content (AvgIpc) is 3.44.